The SMILES string of the molecule is Cl.NC1CCN(C(=O)c2cc(-c3ccco3)n(-c3cccc(Cl)c3)n2)CC1. The zero-order valence-corrected chi connectivity index (χ0v) is 16.1. The molecule has 8 heteroatoms. The molecular formula is C19H20Cl2N4O2. The van der Waals surface area contributed by atoms with Crippen LogP contribution in [0.15, 0.2) is 53.1 Å². The first-order chi connectivity index (χ1) is 12.6. The van der Waals surface area contributed by atoms with E-state index in [1.165, 1.54) is 0 Å². The minimum absolute atomic E-state index is 0. The van der Waals surface area contributed by atoms with Crippen LogP contribution in [-0.2, 0) is 0 Å². The van der Waals surface area contributed by atoms with Crippen LogP contribution in [-0.4, -0.2) is 39.7 Å². The van der Waals surface area contributed by atoms with Crippen molar-refractivity contribution in [3.63, 3.8) is 0 Å². The average Bonchev–Trinajstić information content (AvgIpc) is 3.31. The predicted molar refractivity (Wildman–Crippen MR) is 107 cm³/mol. The highest BCUT2D eigenvalue weighted by Crippen LogP contribution is 2.26. The van der Waals surface area contributed by atoms with Gasteiger partial charge in [-0.05, 0) is 43.2 Å². The molecule has 0 spiro atoms. The lowest BCUT2D eigenvalue weighted by Gasteiger charge is -2.29. The number of hydrogen-bond donors (Lipinski definition) is 1. The number of carbonyl (C=O) groups is 1. The van der Waals surface area contributed by atoms with Crippen molar-refractivity contribution in [2.45, 2.75) is 18.9 Å². The third-order valence-corrected chi connectivity index (χ3v) is 4.82. The van der Waals surface area contributed by atoms with E-state index in [1.807, 2.05) is 18.2 Å². The van der Waals surface area contributed by atoms with Gasteiger partial charge < -0.3 is 15.1 Å². The van der Waals surface area contributed by atoms with Crippen LogP contribution < -0.4 is 5.73 Å². The number of benzene rings is 1. The lowest BCUT2D eigenvalue weighted by atomic mass is 10.1. The molecule has 1 amide bonds. The monoisotopic (exact) mass is 406 g/mol. The molecule has 1 aliphatic heterocycles. The van der Waals surface area contributed by atoms with Gasteiger partial charge in [0.25, 0.3) is 5.91 Å². The number of nitrogens with two attached hydrogens (primary N) is 1. The fourth-order valence-corrected chi connectivity index (χ4v) is 3.34. The molecule has 0 bridgehead atoms. The Kier molecular flexibility index (Phi) is 5.89. The number of nitrogens with zero attached hydrogens (tertiary/aromatic N) is 3. The van der Waals surface area contributed by atoms with Gasteiger partial charge in [0, 0.05) is 30.2 Å². The number of hydrogen-bond acceptors (Lipinski definition) is 4. The van der Waals surface area contributed by atoms with E-state index in [1.54, 1.807) is 40.1 Å². The maximum absolute atomic E-state index is 12.9. The number of amides is 1. The van der Waals surface area contributed by atoms with Gasteiger partial charge in [0.05, 0.1) is 12.0 Å². The minimum Gasteiger partial charge on any atom is -0.463 e. The number of piperidine rings is 1. The van der Waals surface area contributed by atoms with Crippen molar-refractivity contribution in [2.75, 3.05) is 13.1 Å². The summed E-state index contributed by atoms with van der Waals surface area (Å²) in [5.41, 5.74) is 7.79. The summed E-state index contributed by atoms with van der Waals surface area (Å²) in [6, 6.07) is 12.9. The van der Waals surface area contributed by atoms with Gasteiger partial charge >= 0.3 is 0 Å². The Balaban J connectivity index is 0.00000210. The molecule has 0 radical (unpaired) electrons. The predicted octanol–water partition coefficient (Wildman–Crippen LogP) is 3.77. The molecule has 1 aromatic carbocycles. The van der Waals surface area contributed by atoms with Crippen LogP contribution in [0.5, 0.6) is 0 Å². The van der Waals surface area contributed by atoms with Gasteiger partial charge in [-0.1, -0.05) is 17.7 Å². The molecule has 1 fully saturated rings. The maximum Gasteiger partial charge on any atom is 0.274 e. The van der Waals surface area contributed by atoms with Gasteiger partial charge in [-0.2, -0.15) is 5.10 Å². The molecular weight excluding hydrogens is 387 g/mol. The van der Waals surface area contributed by atoms with E-state index in [2.05, 4.69) is 5.10 Å². The molecule has 0 saturated carbocycles. The third-order valence-electron chi connectivity index (χ3n) is 4.58. The van der Waals surface area contributed by atoms with Crippen molar-refractivity contribution in [1.82, 2.24) is 14.7 Å². The number of halogens is 2. The van der Waals surface area contributed by atoms with E-state index in [9.17, 15) is 4.79 Å². The van der Waals surface area contributed by atoms with Crippen molar-refractivity contribution in [2.24, 2.45) is 5.73 Å². The number of carbonyl (C=O) groups excluding carboxylic acids is 1. The van der Waals surface area contributed by atoms with Gasteiger partial charge in [0.2, 0.25) is 0 Å². The zero-order valence-electron chi connectivity index (χ0n) is 14.5. The van der Waals surface area contributed by atoms with E-state index in [4.69, 9.17) is 21.8 Å². The first kappa shape index (κ1) is 19.5. The Bertz CT molecular complexity index is 916. The summed E-state index contributed by atoms with van der Waals surface area (Å²) in [6.07, 6.45) is 3.22. The van der Waals surface area contributed by atoms with Gasteiger partial charge in [0.1, 0.15) is 5.69 Å². The van der Waals surface area contributed by atoms with Crippen molar-refractivity contribution >= 4 is 29.9 Å². The van der Waals surface area contributed by atoms with Crippen LogP contribution in [0.1, 0.15) is 23.3 Å². The molecule has 3 heterocycles. The van der Waals surface area contributed by atoms with Crippen LogP contribution in [0.25, 0.3) is 17.1 Å². The second-order valence-electron chi connectivity index (χ2n) is 6.41. The molecule has 3 aromatic rings. The summed E-state index contributed by atoms with van der Waals surface area (Å²) < 4.78 is 7.22. The quantitative estimate of drug-likeness (QED) is 0.717. The Morgan fingerprint density at radius 3 is 2.63 bits per heavy atom. The standard InChI is InChI=1S/C19H19ClN4O2.ClH/c20-13-3-1-4-15(11-13)24-17(18-5-2-10-26-18)12-16(22-24)19(25)23-8-6-14(21)7-9-23;/h1-5,10-12,14H,6-9,21H2;1H. The number of furan rings is 1. The minimum atomic E-state index is -0.0921. The molecule has 2 N–H and O–H groups in total. The van der Waals surface area contributed by atoms with Gasteiger partial charge in [0.15, 0.2) is 11.5 Å². The summed E-state index contributed by atoms with van der Waals surface area (Å²) >= 11 is 6.13. The Morgan fingerprint density at radius 2 is 1.96 bits per heavy atom. The van der Waals surface area contributed by atoms with Gasteiger partial charge in [-0.25, -0.2) is 4.68 Å². The van der Waals surface area contributed by atoms with Crippen LogP contribution in [0.3, 0.4) is 0 Å². The van der Waals surface area contributed by atoms with E-state index in [0.29, 0.717) is 35.3 Å². The smallest absolute Gasteiger partial charge is 0.274 e. The normalized spacial score (nSPS) is 14.8. The second kappa shape index (κ2) is 8.17. The van der Waals surface area contributed by atoms with Crippen molar-refractivity contribution < 1.29 is 9.21 Å². The lowest BCUT2D eigenvalue weighted by Crippen LogP contribution is -2.43. The molecule has 0 aliphatic carbocycles. The fourth-order valence-electron chi connectivity index (χ4n) is 3.15. The van der Waals surface area contributed by atoms with Crippen molar-refractivity contribution in [1.29, 1.82) is 0 Å². The molecule has 0 atom stereocenters. The molecule has 2 aromatic heterocycles. The number of aromatic nitrogens is 2. The van der Waals surface area contributed by atoms with Crippen molar-refractivity contribution in [3.8, 4) is 17.1 Å². The summed E-state index contributed by atoms with van der Waals surface area (Å²) in [6.45, 7) is 1.31. The molecule has 27 heavy (non-hydrogen) atoms. The number of rotatable bonds is 3. The summed E-state index contributed by atoms with van der Waals surface area (Å²) in [4.78, 5) is 14.7. The zero-order chi connectivity index (χ0) is 18.1. The van der Waals surface area contributed by atoms with E-state index < -0.39 is 0 Å². The summed E-state index contributed by atoms with van der Waals surface area (Å²) in [7, 11) is 0. The fraction of sp³-hybridized carbons (Fsp3) is 0.263. The summed E-state index contributed by atoms with van der Waals surface area (Å²) in [5, 5.41) is 5.15. The third kappa shape index (κ3) is 4.03. The topological polar surface area (TPSA) is 77.3 Å². The highest BCUT2D eigenvalue weighted by atomic mass is 35.5. The van der Waals surface area contributed by atoms with E-state index >= 15 is 0 Å². The highest BCUT2D eigenvalue weighted by molar-refractivity contribution is 6.30. The summed E-state index contributed by atoms with van der Waals surface area (Å²) in [5.74, 6) is 0.544. The molecule has 4 rings (SSSR count). The molecule has 6 nitrogen and oxygen atoms in total. The van der Waals surface area contributed by atoms with E-state index in [0.717, 1.165) is 18.5 Å². The van der Waals surface area contributed by atoms with Crippen LogP contribution in [0.4, 0.5) is 0 Å². The van der Waals surface area contributed by atoms with Crippen LogP contribution in [0.2, 0.25) is 5.02 Å². The van der Waals surface area contributed by atoms with Crippen LogP contribution in [0, 0.1) is 0 Å². The molecule has 1 aliphatic rings. The van der Waals surface area contributed by atoms with E-state index in [-0.39, 0.29) is 24.4 Å². The highest BCUT2D eigenvalue weighted by Gasteiger charge is 2.25. The maximum atomic E-state index is 12.9. The second-order valence-corrected chi connectivity index (χ2v) is 6.85. The Labute approximate surface area is 168 Å². The molecule has 1 saturated heterocycles. The Hall–Kier alpha value is -2.28. The van der Waals surface area contributed by atoms with Crippen LogP contribution >= 0.6 is 24.0 Å². The number of likely N-dealkylation sites (tertiary alicyclic amines) is 1. The first-order valence-electron chi connectivity index (χ1n) is 8.56. The lowest BCUT2D eigenvalue weighted by molar-refractivity contribution is 0.0708. The van der Waals surface area contributed by atoms with Crippen molar-refractivity contribution in [3.05, 3.63) is 59.4 Å². The van der Waals surface area contributed by atoms with Gasteiger partial charge in [-0.15, -0.1) is 12.4 Å². The largest absolute Gasteiger partial charge is 0.463 e. The molecule has 0 unspecified atom stereocenters. The first-order valence-corrected chi connectivity index (χ1v) is 8.94. The average molecular weight is 407 g/mol. The molecule has 142 valence electrons. The van der Waals surface area contributed by atoms with Gasteiger partial charge in [-0.3, -0.25) is 4.79 Å². The Morgan fingerprint density at radius 1 is 1.19 bits per heavy atom.